The minimum absolute atomic E-state index is 0.157. The number of fused-ring (bicyclic) bond motifs is 1. The third kappa shape index (κ3) is 3.18. The summed E-state index contributed by atoms with van der Waals surface area (Å²) in [5, 5.41) is 3.98. The summed E-state index contributed by atoms with van der Waals surface area (Å²) in [6, 6.07) is 10.1. The Labute approximate surface area is 137 Å². The summed E-state index contributed by atoms with van der Waals surface area (Å²) in [5.41, 5.74) is 1.19. The van der Waals surface area contributed by atoms with Gasteiger partial charge in [0.05, 0.1) is 10.7 Å². The molecule has 1 aliphatic heterocycles. The fourth-order valence-corrected chi connectivity index (χ4v) is 2.42. The number of carbonyl (C=O) groups excluding carboxylic acids is 1. The smallest absolute Gasteiger partial charge is 0.231 e. The number of ether oxygens (including phenoxy) is 2. The molecule has 2 aromatic rings. The van der Waals surface area contributed by atoms with Crippen LogP contribution in [0.2, 0.25) is 10.0 Å². The lowest BCUT2D eigenvalue weighted by atomic mass is 10.1. The van der Waals surface area contributed by atoms with E-state index in [2.05, 4.69) is 5.32 Å². The van der Waals surface area contributed by atoms with Gasteiger partial charge in [-0.25, -0.2) is 0 Å². The molecule has 0 atom stereocenters. The number of anilines is 1. The van der Waals surface area contributed by atoms with Crippen LogP contribution in [-0.4, -0.2) is 12.6 Å². The zero-order chi connectivity index (χ0) is 15.5. The summed E-state index contributed by atoms with van der Waals surface area (Å²) in [4.78, 5) is 12.1. The molecule has 0 saturated carbocycles. The Hall–Kier alpha value is -2.17. The van der Waals surface area contributed by atoms with Crippen molar-refractivity contribution in [3.8, 4) is 11.5 Å². The van der Waals surface area contributed by atoms with Crippen LogP contribution < -0.4 is 14.8 Å². The highest BCUT2D eigenvalue weighted by molar-refractivity contribution is 6.36. The van der Waals surface area contributed by atoms with Gasteiger partial charge in [0.1, 0.15) is 0 Å². The number of benzene rings is 2. The highest BCUT2D eigenvalue weighted by atomic mass is 35.5. The van der Waals surface area contributed by atoms with Crippen molar-refractivity contribution in [2.75, 3.05) is 12.1 Å². The zero-order valence-electron chi connectivity index (χ0n) is 11.3. The van der Waals surface area contributed by atoms with E-state index >= 15 is 0 Å². The van der Waals surface area contributed by atoms with Gasteiger partial charge in [-0.15, -0.1) is 0 Å². The first-order valence-electron chi connectivity index (χ1n) is 6.45. The van der Waals surface area contributed by atoms with Crippen molar-refractivity contribution >= 4 is 34.7 Å². The average Bonchev–Trinajstić information content (AvgIpc) is 2.96. The Balaban J connectivity index is 1.68. The van der Waals surface area contributed by atoms with Crippen molar-refractivity contribution in [2.24, 2.45) is 0 Å². The normalized spacial score (nSPS) is 12.6. The Kier molecular flexibility index (Phi) is 4.22. The van der Waals surface area contributed by atoms with Gasteiger partial charge in [-0.3, -0.25) is 4.79 Å². The zero-order valence-corrected chi connectivity index (χ0v) is 12.8. The summed E-state index contributed by atoms with van der Waals surface area (Å²) >= 11 is 11.9. The highest BCUT2D eigenvalue weighted by Gasteiger charge is 2.15. The second-order valence-corrected chi connectivity index (χ2v) is 5.38. The van der Waals surface area contributed by atoms with Crippen LogP contribution in [0.1, 0.15) is 10.4 Å². The molecule has 22 heavy (non-hydrogen) atoms. The largest absolute Gasteiger partial charge is 0.454 e. The highest BCUT2D eigenvalue weighted by Crippen LogP contribution is 2.32. The Morgan fingerprint density at radius 1 is 1.09 bits per heavy atom. The Morgan fingerprint density at radius 3 is 2.73 bits per heavy atom. The SMILES string of the molecule is O=C(/C=C/Nc1ccc(Cl)cc1Cl)c1ccc2c(c1)OCO2. The van der Waals surface area contributed by atoms with Gasteiger partial charge >= 0.3 is 0 Å². The van der Waals surface area contributed by atoms with Gasteiger partial charge in [-0.1, -0.05) is 23.2 Å². The third-order valence-corrected chi connectivity index (χ3v) is 3.61. The van der Waals surface area contributed by atoms with Gasteiger partial charge in [0.25, 0.3) is 0 Å². The van der Waals surface area contributed by atoms with Crippen LogP contribution in [0.5, 0.6) is 11.5 Å². The van der Waals surface area contributed by atoms with Crippen LogP contribution in [0.3, 0.4) is 0 Å². The second-order valence-electron chi connectivity index (χ2n) is 4.53. The van der Waals surface area contributed by atoms with E-state index in [9.17, 15) is 4.79 Å². The van der Waals surface area contributed by atoms with Crippen molar-refractivity contribution in [3.05, 3.63) is 64.3 Å². The van der Waals surface area contributed by atoms with Crippen LogP contribution in [0, 0.1) is 0 Å². The number of allylic oxidation sites excluding steroid dienone is 1. The lowest BCUT2D eigenvalue weighted by Gasteiger charge is -2.04. The number of rotatable bonds is 4. The fraction of sp³-hybridized carbons (Fsp3) is 0.0625. The summed E-state index contributed by atoms with van der Waals surface area (Å²) < 4.78 is 10.5. The van der Waals surface area contributed by atoms with E-state index in [4.69, 9.17) is 32.7 Å². The predicted molar refractivity (Wildman–Crippen MR) is 86.1 cm³/mol. The van der Waals surface area contributed by atoms with Crippen molar-refractivity contribution in [1.82, 2.24) is 0 Å². The summed E-state index contributed by atoms with van der Waals surface area (Å²) in [5.74, 6) is 1.07. The van der Waals surface area contributed by atoms with E-state index in [1.807, 2.05) is 0 Å². The molecule has 6 heteroatoms. The quantitative estimate of drug-likeness (QED) is 0.658. The van der Waals surface area contributed by atoms with Gasteiger partial charge in [0.15, 0.2) is 17.3 Å². The van der Waals surface area contributed by atoms with Crippen molar-refractivity contribution in [3.63, 3.8) is 0 Å². The molecule has 0 radical (unpaired) electrons. The fourth-order valence-electron chi connectivity index (χ4n) is 1.96. The molecule has 0 fully saturated rings. The first-order chi connectivity index (χ1) is 10.6. The first kappa shape index (κ1) is 14.8. The Morgan fingerprint density at radius 2 is 1.91 bits per heavy atom. The number of halogens is 2. The van der Waals surface area contributed by atoms with Crippen LogP contribution in [-0.2, 0) is 0 Å². The molecule has 0 spiro atoms. The van der Waals surface area contributed by atoms with Crippen molar-refractivity contribution in [1.29, 1.82) is 0 Å². The van der Waals surface area contributed by atoms with Crippen LogP contribution in [0.4, 0.5) is 5.69 Å². The van der Waals surface area contributed by atoms with Crippen LogP contribution in [0.25, 0.3) is 0 Å². The lowest BCUT2D eigenvalue weighted by molar-refractivity contribution is 0.104. The van der Waals surface area contributed by atoms with E-state index in [-0.39, 0.29) is 12.6 Å². The molecule has 0 unspecified atom stereocenters. The molecule has 3 rings (SSSR count). The minimum atomic E-state index is -0.157. The summed E-state index contributed by atoms with van der Waals surface area (Å²) in [7, 11) is 0. The molecule has 0 amide bonds. The van der Waals surface area contributed by atoms with Gasteiger partial charge in [-0.05, 0) is 36.4 Å². The molecule has 1 heterocycles. The van der Waals surface area contributed by atoms with Gasteiger partial charge in [0.2, 0.25) is 6.79 Å². The van der Waals surface area contributed by atoms with E-state index in [0.717, 1.165) is 0 Å². The molecule has 0 saturated heterocycles. The van der Waals surface area contributed by atoms with Gasteiger partial charge in [0, 0.05) is 22.9 Å². The lowest BCUT2D eigenvalue weighted by Crippen LogP contribution is -1.97. The minimum Gasteiger partial charge on any atom is -0.454 e. The van der Waals surface area contributed by atoms with Crippen LogP contribution >= 0.6 is 23.2 Å². The molecule has 0 aromatic heterocycles. The maximum atomic E-state index is 12.1. The van der Waals surface area contributed by atoms with Gasteiger partial charge in [-0.2, -0.15) is 0 Å². The average molecular weight is 336 g/mol. The van der Waals surface area contributed by atoms with E-state index in [0.29, 0.717) is 32.8 Å². The molecule has 0 bridgehead atoms. The van der Waals surface area contributed by atoms with Crippen molar-refractivity contribution < 1.29 is 14.3 Å². The Bertz CT molecular complexity index is 759. The molecular formula is C16H11Cl2NO3. The van der Waals surface area contributed by atoms with Gasteiger partial charge < -0.3 is 14.8 Å². The van der Waals surface area contributed by atoms with E-state index in [1.54, 1.807) is 36.4 Å². The molecular weight excluding hydrogens is 325 g/mol. The van der Waals surface area contributed by atoms with E-state index < -0.39 is 0 Å². The number of hydrogen-bond donors (Lipinski definition) is 1. The first-order valence-corrected chi connectivity index (χ1v) is 7.21. The third-order valence-electron chi connectivity index (χ3n) is 3.06. The number of hydrogen-bond acceptors (Lipinski definition) is 4. The van der Waals surface area contributed by atoms with Crippen molar-refractivity contribution in [2.45, 2.75) is 0 Å². The second kappa shape index (κ2) is 6.30. The summed E-state index contributed by atoms with van der Waals surface area (Å²) in [6.07, 6.45) is 2.95. The maximum absolute atomic E-state index is 12.1. The number of carbonyl (C=O) groups is 1. The molecule has 4 nitrogen and oxygen atoms in total. The molecule has 0 aliphatic carbocycles. The molecule has 1 aliphatic rings. The predicted octanol–water partition coefficient (Wildman–Crippen LogP) is 4.53. The maximum Gasteiger partial charge on any atom is 0.231 e. The van der Waals surface area contributed by atoms with E-state index in [1.165, 1.54) is 12.3 Å². The summed E-state index contributed by atoms with van der Waals surface area (Å²) in [6.45, 7) is 0.180. The monoisotopic (exact) mass is 335 g/mol. The number of ketones is 1. The molecule has 1 N–H and O–H groups in total. The topological polar surface area (TPSA) is 47.6 Å². The standard InChI is InChI=1S/C16H11Cl2NO3/c17-11-2-3-13(12(18)8-11)19-6-5-14(20)10-1-4-15-16(7-10)22-9-21-15/h1-8,19H,9H2/b6-5+. The molecule has 2 aromatic carbocycles. The molecule has 112 valence electrons. The number of nitrogens with one attached hydrogen (secondary N) is 1. The van der Waals surface area contributed by atoms with Crippen LogP contribution in [0.15, 0.2) is 48.7 Å².